The third-order valence-corrected chi connectivity index (χ3v) is 4.68. The summed E-state index contributed by atoms with van der Waals surface area (Å²) >= 11 is 0. The molecule has 0 spiro atoms. The van der Waals surface area contributed by atoms with Crippen LogP contribution >= 0.6 is 0 Å². The van der Waals surface area contributed by atoms with E-state index in [1.54, 1.807) is 18.3 Å². The summed E-state index contributed by atoms with van der Waals surface area (Å²) in [6.45, 7) is 3.57. The molecule has 1 amide bonds. The van der Waals surface area contributed by atoms with E-state index in [-0.39, 0.29) is 11.7 Å². The first-order valence-corrected chi connectivity index (χ1v) is 7.51. The van der Waals surface area contributed by atoms with Crippen molar-refractivity contribution in [1.82, 2.24) is 20.4 Å². The van der Waals surface area contributed by atoms with Gasteiger partial charge < -0.3 is 10.2 Å². The first kappa shape index (κ1) is 13.5. The molecule has 1 aromatic carbocycles. The summed E-state index contributed by atoms with van der Waals surface area (Å²) in [5.74, 6) is 0.828. The van der Waals surface area contributed by atoms with Gasteiger partial charge in [-0.05, 0) is 36.1 Å². The van der Waals surface area contributed by atoms with E-state index in [9.17, 15) is 9.18 Å². The Kier molecular flexibility index (Phi) is 3.18. The molecule has 0 bridgehead atoms. The molecule has 22 heavy (non-hydrogen) atoms. The SMILES string of the molecule is O=C(c1cn[nH]c1-c1ccc(F)cc1)N1C[C@H]2CNC[C@H]2C1. The van der Waals surface area contributed by atoms with Crippen LogP contribution in [0.1, 0.15) is 10.4 Å². The molecule has 6 heteroatoms. The number of nitrogens with one attached hydrogen (secondary N) is 2. The van der Waals surface area contributed by atoms with Crippen LogP contribution in [0, 0.1) is 17.7 Å². The second-order valence-electron chi connectivity index (χ2n) is 6.05. The number of aromatic amines is 1. The van der Waals surface area contributed by atoms with Gasteiger partial charge in [0.2, 0.25) is 0 Å². The molecule has 2 aliphatic heterocycles. The Balaban J connectivity index is 1.59. The van der Waals surface area contributed by atoms with Gasteiger partial charge in [-0.3, -0.25) is 9.89 Å². The van der Waals surface area contributed by atoms with Crippen molar-refractivity contribution >= 4 is 5.91 Å². The summed E-state index contributed by atoms with van der Waals surface area (Å²) in [4.78, 5) is 14.7. The zero-order valence-electron chi connectivity index (χ0n) is 12.1. The van der Waals surface area contributed by atoms with Crippen LogP contribution in [-0.2, 0) is 0 Å². The van der Waals surface area contributed by atoms with E-state index in [1.807, 2.05) is 4.90 Å². The summed E-state index contributed by atoms with van der Waals surface area (Å²) in [6.07, 6.45) is 1.56. The van der Waals surface area contributed by atoms with Crippen molar-refractivity contribution in [3.05, 3.63) is 41.8 Å². The lowest BCUT2D eigenvalue weighted by Gasteiger charge is -2.17. The van der Waals surface area contributed by atoms with Gasteiger partial charge in [-0.2, -0.15) is 5.10 Å². The third-order valence-electron chi connectivity index (χ3n) is 4.68. The fourth-order valence-corrected chi connectivity index (χ4v) is 3.48. The highest BCUT2D eigenvalue weighted by molar-refractivity contribution is 5.99. The Bertz CT molecular complexity index is 684. The Morgan fingerprint density at radius 1 is 1.18 bits per heavy atom. The number of carbonyl (C=O) groups is 1. The van der Waals surface area contributed by atoms with Gasteiger partial charge in [0, 0.05) is 31.7 Å². The average molecular weight is 300 g/mol. The number of nitrogens with zero attached hydrogens (tertiary/aromatic N) is 2. The van der Waals surface area contributed by atoms with Gasteiger partial charge in [0.15, 0.2) is 0 Å². The van der Waals surface area contributed by atoms with E-state index in [4.69, 9.17) is 0 Å². The smallest absolute Gasteiger partial charge is 0.257 e. The summed E-state index contributed by atoms with van der Waals surface area (Å²) in [5, 5.41) is 10.2. The molecule has 3 heterocycles. The number of benzene rings is 1. The number of halogens is 1. The lowest BCUT2D eigenvalue weighted by atomic mass is 10.0. The number of hydrogen-bond acceptors (Lipinski definition) is 3. The van der Waals surface area contributed by atoms with Crippen molar-refractivity contribution in [2.75, 3.05) is 26.2 Å². The van der Waals surface area contributed by atoms with Crippen LogP contribution in [0.15, 0.2) is 30.5 Å². The van der Waals surface area contributed by atoms with E-state index in [0.29, 0.717) is 23.1 Å². The van der Waals surface area contributed by atoms with Gasteiger partial charge in [0.1, 0.15) is 5.82 Å². The van der Waals surface area contributed by atoms with Crippen LogP contribution in [0.5, 0.6) is 0 Å². The topological polar surface area (TPSA) is 61.0 Å². The highest BCUT2D eigenvalue weighted by Gasteiger charge is 2.38. The van der Waals surface area contributed by atoms with Gasteiger partial charge >= 0.3 is 0 Å². The monoisotopic (exact) mass is 300 g/mol. The number of likely N-dealkylation sites (tertiary alicyclic amines) is 1. The van der Waals surface area contributed by atoms with E-state index >= 15 is 0 Å². The quantitative estimate of drug-likeness (QED) is 0.884. The van der Waals surface area contributed by atoms with Crippen molar-refractivity contribution in [3.63, 3.8) is 0 Å². The zero-order valence-corrected chi connectivity index (χ0v) is 12.1. The van der Waals surface area contributed by atoms with E-state index in [1.165, 1.54) is 12.1 Å². The Morgan fingerprint density at radius 3 is 2.55 bits per heavy atom. The first-order valence-electron chi connectivity index (χ1n) is 7.51. The van der Waals surface area contributed by atoms with E-state index in [0.717, 1.165) is 31.7 Å². The molecule has 2 atom stereocenters. The lowest BCUT2D eigenvalue weighted by Crippen LogP contribution is -2.31. The average Bonchev–Trinajstić information content (AvgIpc) is 3.22. The molecule has 5 nitrogen and oxygen atoms in total. The summed E-state index contributed by atoms with van der Waals surface area (Å²) < 4.78 is 13.1. The van der Waals surface area contributed by atoms with Crippen molar-refractivity contribution in [2.24, 2.45) is 11.8 Å². The van der Waals surface area contributed by atoms with Gasteiger partial charge in [-0.1, -0.05) is 0 Å². The molecule has 2 aromatic rings. The van der Waals surface area contributed by atoms with Crippen LogP contribution in [-0.4, -0.2) is 47.2 Å². The fourth-order valence-electron chi connectivity index (χ4n) is 3.48. The van der Waals surface area contributed by atoms with Crippen molar-refractivity contribution in [3.8, 4) is 11.3 Å². The van der Waals surface area contributed by atoms with Gasteiger partial charge in [-0.15, -0.1) is 0 Å². The largest absolute Gasteiger partial charge is 0.338 e. The molecule has 0 radical (unpaired) electrons. The van der Waals surface area contributed by atoms with Crippen LogP contribution in [0.2, 0.25) is 0 Å². The molecule has 2 aliphatic rings. The number of aromatic nitrogens is 2. The maximum atomic E-state index is 13.1. The maximum absolute atomic E-state index is 13.1. The van der Waals surface area contributed by atoms with Crippen molar-refractivity contribution < 1.29 is 9.18 Å². The van der Waals surface area contributed by atoms with E-state index < -0.39 is 0 Å². The standard InChI is InChI=1S/C16H17FN4O/c17-13-3-1-10(2-4-13)15-14(7-19-20-15)16(22)21-8-11-5-18-6-12(11)9-21/h1-4,7,11-12,18H,5-6,8-9H2,(H,19,20)/t11-,12+. The molecular formula is C16H17FN4O. The molecule has 114 valence electrons. The highest BCUT2D eigenvalue weighted by atomic mass is 19.1. The predicted octanol–water partition coefficient (Wildman–Crippen LogP) is 1.51. The number of rotatable bonds is 2. The minimum absolute atomic E-state index is 0.00229. The molecule has 4 rings (SSSR count). The Morgan fingerprint density at radius 2 is 1.86 bits per heavy atom. The van der Waals surface area contributed by atoms with Crippen LogP contribution in [0.3, 0.4) is 0 Å². The first-order chi connectivity index (χ1) is 10.7. The lowest BCUT2D eigenvalue weighted by molar-refractivity contribution is 0.0782. The van der Waals surface area contributed by atoms with Gasteiger partial charge in [0.25, 0.3) is 5.91 Å². The Labute approximate surface area is 127 Å². The third kappa shape index (κ3) is 2.20. The molecule has 0 saturated carbocycles. The van der Waals surface area contributed by atoms with Crippen molar-refractivity contribution in [2.45, 2.75) is 0 Å². The molecule has 0 unspecified atom stereocenters. The molecule has 2 saturated heterocycles. The zero-order chi connectivity index (χ0) is 15.1. The summed E-state index contributed by atoms with van der Waals surface area (Å²) in [7, 11) is 0. The minimum atomic E-state index is -0.295. The summed E-state index contributed by atoms with van der Waals surface area (Å²) in [5.41, 5.74) is 1.98. The van der Waals surface area contributed by atoms with Crippen LogP contribution < -0.4 is 5.32 Å². The maximum Gasteiger partial charge on any atom is 0.257 e. The van der Waals surface area contributed by atoms with Crippen LogP contribution in [0.25, 0.3) is 11.3 Å². The normalized spacial score (nSPS) is 23.8. The minimum Gasteiger partial charge on any atom is -0.338 e. The Hall–Kier alpha value is -2.21. The fraction of sp³-hybridized carbons (Fsp3) is 0.375. The second-order valence-corrected chi connectivity index (χ2v) is 6.05. The molecule has 1 aromatic heterocycles. The highest BCUT2D eigenvalue weighted by Crippen LogP contribution is 2.29. The number of fused-ring (bicyclic) bond motifs is 1. The van der Waals surface area contributed by atoms with Gasteiger partial charge in [-0.25, -0.2) is 4.39 Å². The van der Waals surface area contributed by atoms with Crippen molar-refractivity contribution in [1.29, 1.82) is 0 Å². The van der Waals surface area contributed by atoms with Gasteiger partial charge in [0.05, 0.1) is 17.5 Å². The number of H-pyrrole nitrogens is 1. The van der Waals surface area contributed by atoms with E-state index in [2.05, 4.69) is 15.5 Å². The molecular weight excluding hydrogens is 283 g/mol. The number of amides is 1. The number of carbonyl (C=O) groups excluding carboxylic acids is 1. The predicted molar refractivity (Wildman–Crippen MR) is 79.7 cm³/mol. The van der Waals surface area contributed by atoms with Crippen LogP contribution in [0.4, 0.5) is 4.39 Å². The molecule has 2 N–H and O–H groups in total. The summed E-state index contributed by atoms with van der Waals surface area (Å²) in [6, 6.07) is 6.08. The number of hydrogen-bond donors (Lipinski definition) is 2. The molecule has 2 fully saturated rings. The molecule has 0 aliphatic carbocycles. The second kappa shape index (κ2) is 5.21.